The van der Waals surface area contributed by atoms with Crippen molar-refractivity contribution in [3.8, 4) is 17.1 Å². The quantitative estimate of drug-likeness (QED) is 0.577. The van der Waals surface area contributed by atoms with E-state index < -0.39 is 0 Å². The molecule has 5 nitrogen and oxygen atoms in total. The molecule has 0 saturated carbocycles. The number of fused-ring (bicyclic) bond motifs is 4. The van der Waals surface area contributed by atoms with Gasteiger partial charge in [0, 0.05) is 22.2 Å². The Morgan fingerprint density at radius 3 is 2.63 bits per heavy atom. The van der Waals surface area contributed by atoms with E-state index in [-0.39, 0.29) is 6.04 Å². The van der Waals surface area contributed by atoms with Gasteiger partial charge >= 0.3 is 0 Å². The Morgan fingerprint density at radius 1 is 1.04 bits per heavy atom. The van der Waals surface area contributed by atoms with E-state index in [1.54, 1.807) is 0 Å². The summed E-state index contributed by atoms with van der Waals surface area (Å²) in [5.41, 5.74) is 5.42. The molecule has 138 valence electrons. The zero-order valence-electron chi connectivity index (χ0n) is 15.6. The molecule has 0 spiro atoms. The van der Waals surface area contributed by atoms with Crippen LogP contribution in [0.1, 0.15) is 18.1 Å². The first kappa shape index (κ1) is 17.7. The number of nitrogens with zero attached hydrogens (tertiary/aromatic N) is 2. The van der Waals surface area contributed by atoms with Crippen molar-refractivity contribution in [1.29, 1.82) is 0 Å². The van der Waals surface area contributed by atoms with Gasteiger partial charge in [0.1, 0.15) is 6.61 Å². The van der Waals surface area contributed by atoms with Crippen molar-refractivity contribution in [2.45, 2.75) is 31.7 Å². The van der Waals surface area contributed by atoms with E-state index in [2.05, 4.69) is 72.2 Å². The molecule has 3 aromatic rings. The van der Waals surface area contributed by atoms with Crippen molar-refractivity contribution in [1.82, 2.24) is 9.97 Å². The van der Waals surface area contributed by atoms with Crippen molar-refractivity contribution in [3.05, 3.63) is 59.7 Å². The second kappa shape index (κ2) is 7.48. The van der Waals surface area contributed by atoms with E-state index in [1.165, 1.54) is 23.1 Å². The van der Waals surface area contributed by atoms with Gasteiger partial charge in [-0.15, -0.1) is 0 Å². The highest BCUT2D eigenvalue weighted by Crippen LogP contribution is 2.30. The first-order valence-electron chi connectivity index (χ1n) is 8.96. The van der Waals surface area contributed by atoms with Crippen molar-refractivity contribution in [2.75, 3.05) is 16.6 Å². The molecule has 0 aliphatic carbocycles. The maximum atomic E-state index is 5.98. The van der Waals surface area contributed by atoms with Gasteiger partial charge in [-0.05, 0) is 62.0 Å². The fraction of sp³-hybridized carbons (Fsp3) is 0.238. The minimum Gasteiger partial charge on any atom is -0.475 e. The van der Waals surface area contributed by atoms with Crippen molar-refractivity contribution >= 4 is 23.6 Å². The molecule has 1 aliphatic heterocycles. The lowest BCUT2D eigenvalue weighted by Gasteiger charge is -2.19. The number of aryl methyl sites for hydroxylation is 2. The Hall–Kier alpha value is -2.73. The average molecular weight is 379 g/mol. The Kier molecular flexibility index (Phi) is 4.90. The second-order valence-corrected chi connectivity index (χ2v) is 7.65. The summed E-state index contributed by atoms with van der Waals surface area (Å²) in [4.78, 5) is 10.4. The van der Waals surface area contributed by atoms with Crippen LogP contribution in [0.5, 0.6) is 5.88 Å². The fourth-order valence-corrected chi connectivity index (χ4v) is 3.81. The molecule has 0 fully saturated rings. The molecule has 0 unspecified atom stereocenters. The summed E-state index contributed by atoms with van der Waals surface area (Å²) < 4.78 is 9.24. The summed E-state index contributed by atoms with van der Waals surface area (Å²) in [6.45, 7) is 6.81. The SMILES string of the molecule is Cc1cccc(C)c1-c1cc2nc(n1)NSc1cccc(c1)N[C@H](C)CO2. The summed E-state index contributed by atoms with van der Waals surface area (Å²) in [7, 11) is 0. The average Bonchev–Trinajstić information content (AvgIpc) is 2.64. The van der Waals surface area contributed by atoms with Crippen LogP contribution in [0, 0.1) is 13.8 Å². The molecule has 0 radical (unpaired) electrons. The monoisotopic (exact) mass is 378 g/mol. The first-order chi connectivity index (χ1) is 13.1. The highest BCUT2D eigenvalue weighted by molar-refractivity contribution is 8.00. The number of hydrogen-bond acceptors (Lipinski definition) is 6. The molecule has 1 atom stereocenters. The Labute approximate surface area is 163 Å². The number of ether oxygens (including phenoxy) is 1. The minimum absolute atomic E-state index is 0.152. The smallest absolute Gasteiger partial charge is 0.237 e. The van der Waals surface area contributed by atoms with E-state index in [0.717, 1.165) is 21.8 Å². The number of benzene rings is 2. The van der Waals surface area contributed by atoms with Crippen LogP contribution in [0.3, 0.4) is 0 Å². The molecule has 27 heavy (non-hydrogen) atoms. The fourth-order valence-electron chi connectivity index (χ4n) is 3.18. The van der Waals surface area contributed by atoms with Crippen LogP contribution in [0.2, 0.25) is 0 Å². The van der Waals surface area contributed by atoms with Gasteiger partial charge in [0.25, 0.3) is 0 Å². The molecule has 4 bridgehead atoms. The molecule has 1 aliphatic rings. The Morgan fingerprint density at radius 2 is 1.81 bits per heavy atom. The van der Waals surface area contributed by atoms with Gasteiger partial charge in [0.15, 0.2) is 0 Å². The van der Waals surface area contributed by atoms with E-state index in [9.17, 15) is 0 Å². The Balaban J connectivity index is 1.76. The zero-order valence-corrected chi connectivity index (χ0v) is 16.4. The maximum Gasteiger partial charge on any atom is 0.237 e. The van der Waals surface area contributed by atoms with Gasteiger partial charge in [0.05, 0.1) is 11.7 Å². The van der Waals surface area contributed by atoms with Gasteiger partial charge in [-0.25, -0.2) is 4.98 Å². The topological polar surface area (TPSA) is 59.1 Å². The largest absolute Gasteiger partial charge is 0.475 e. The summed E-state index contributed by atoms with van der Waals surface area (Å²) in [6, 6.07) is 16.6. The van der Waals surface area contributed by atoms with Gasteiger partial charge in [-0.3, -0.25) is 4.72 Å². The number of anilines is 2. The summed E-state index contributed by atoms with van der Waals surface area (Å²) in [6.07, 6.45) is 0. The first-order valence-corrected chi connectivity index (χ1v) is 9.78. The molecule has 2 N–H and O–H groups in total. The second-order valence-electron chi connectivity index (χ2n) is 6.77. The van der Waals surface area contributed by atoms with Gasteiger partial charge in [-0.2, -0.15) is 4.98 Å². The van der Waals surface area contributed by atoms with Crippen LogP contribution in [0.4, 0.5) is 11.6 Å². The molecule has 0 saturated heterocycles. The third-order valence-electron chi connectivity index (χ3n) is 4.43. The van der Waals surface area contributed by atoms with E-state index in [1.807, 2.05) is 12.1 Å². The summed E-state index contributed by atoms with van der Waals surface area (Å²) in [5.74, 6) is 1.12. The third kappa shape index (κ3) is 4.01. The van der Waals surface area contributed by atoms with Gasteiger partial charge in [-0.1, -0.05) is 24.3 Å². The normalized spacial score (nSPS) is 16.2. The van der Waals surface area contributed by atoms with Gasteiger partial charge in [0.2, 0.25) is 11.8 Å². The lowest BCUT2D eigenvalue weighted by atomic mass is 10.00. The molecule has 4 rings (SSSR count). The highest BCUT2D eigenvalue weighted by atomic mass is 32.2. The van der Waals surface area contributed by atoms with Crippen molar-refractivity contribution in [3.63, 3.8) is 0 Å². The van der Waals surface area contributed by atoms with Crippen LogP contribution in [0.25, 0.3) is 11.3 Å². The standard InChI is InChI=1S/C21H22N4OS/c1-13-6-4-7-14(2)20(13)18-11-19-24-21(23-18)25-27-17-9-5-8-16(10-17)22-15(3)12-26-19/h4-11,15,22H,12H2,1-3H3,(H,23,24,25)/t15-/m1/s1. The summed E-state index contributed by atoms with van der Waals surface area (Å²) in [5, 5.41) is 3.46. The number of aromatic nitrogens is 2. The Bertz CT molecular complexity index is 956. The number of rotatable bonds is 1. The summed E-state index contributed by atoms with van der Waals surface area (Å²) >= 11 is 1.49. The zero-order chi connectivity index (χ0) is 18.8. The van der Waals surface area contributed by atoms with Crippen LogP contribution >= 0.6 is 11.9 Å². The predicted molar refractivity (Wildman–Crippen MR) is 111 cm³/mol. The van der Waals surface area contributed by atoms with Crippen molar-refractivity contribution in [2.24, 2.45) is 0 Å². The molecule has 1 aromatic heterocycles. The number of nitrogens with one attached hydrogen (secondary N) is 2. The molecule has 2 aromatic carbocycles. The molecule has 0 amide bonds. The third-order valence-corrected chi connectivity index (χ3v) is 5.20. The van der Waals surface area contributed by atoms with Crippen LogP contribution < -0.4 is 14.8 Å². The van der Waals surface area contributed by atoms with E-state index >= 15 is 0 Å². The van der Waals surface area contributed by atoms with Gasteiger partial charge < -0.3 is 10.1 Å². The lowest BCUT2D eigenvalue weighted by Crippen LogP contribution is -2.24. The molecule has 2 heterocycles. The number of hydrogen-bond donors (Lipinski definition) is 2. The van der Waals surface area contributed by atoms with Crippen LogP contribution in [-0.4, -0.2) is 22.6 Å². The molecular formula is C21H22N4OS. The van der Waals surface area contributed by atoms with Crippen molar-refractivity contribution < 1.29 is 4.74 Å². The highest BCUT2D eigenvalue weighted by Gasteiger charge is 2.14. The lowest BCUT2D eigenvalue weighted by molar-refractivity contribution is 0.293. The predicted octanol–water partition coefficient (Wildman–Crippen LogP) is 5.07. The van der Waals surface area contributed by atoms with Crippen LogP contribution in [0.15, 0.2) is 53.4 Å². The minimum atomic E-state index is 0.152. The van der Waals surface area contributed by atoms with Crippen LogP contribution in [-0.2, 0) is 0 Å². The van der Waals surface area contributed by atoms with E-state index in [0.29, 0.717) is 18.4 Å². The molecule has 6 heteroatoms. The maximum absolute atomic E-state index is 5.98. The molecular weight excluding hydrogens is 356 g/mol. The van der Waals surface area contributed by atoms with E-state index in [4.69, 9.17) is 9.72 Å².